The molecule has 0 atom stereocenters. The molecule has 0 aromatic heterocycles. The third kappa shape index (κ3) is 6.23. The van der Waals surface area contributed by atoms with Gasteiger partial charge in [0.2, 0.25) is 0 Å². The standard InChI is InChI=1S/C22H21N3O5/c1-28-20-5-3-7-22(15-20)30-13-12-29-21-6-2-4-17(14-21)16-23-24-18-8-10-19(11-9-18)25(26)27/h2-11,14-16,24H,12-13H2,1H3/b23-16+. The highest BCUT2D eigenvalue weighted by molar-refractivity contribution is 5.80. The van der Waals surface area contributed by atoms with Crippen molar-refractivity contribution in [2.75, 3.05) is 25.7 Å². The van der Waals surface area contributed by atoms with Gasteiger partial charge in [0.05, 0.1) is 23.9 Å². The molecular weight excluding hydrogens is 386 g/mol. The Morgan fingerprint density at radius 1 is 0.933 bits per heavy atom. The number of anilines is 1. The molecule has 8 heteroatoms. The average molecular weight is 407 g/mol. The van der Waals surface area contributed by atoms with E-state index in [-0.39, 0.29) is 5.69 Å². The molecule has 0 aliphatic rings. The van der Waals surface area contributed by atoms with Crippen molar-refractivity contribution < 1.29 is 19.1 Å². The fourth-order valence-corrected chi connectivity index (χ4v) is 2.53. The van der Waals surface area contributed by atoms with E-state index < -0.39 is 4.92 Å². The molecule has 0 radical (unpaired) electrons. The minimum absolute atomic E-state index is 0.0322. The summed E-state index contributed by atoms with van der Waals surface area (Å²) in [7, 11) is 1.61. The molecule has 3 aromatic rings. The Hall–Kier alpha value is -4.07. The minimum atomic E-state index is -0.444. The van der Waals surface area contributed by atoms with Crippen molar-refractivity contribution in [2.24, 2.45) is 5.10 Å². The highest BCUT2D eigenvalue weighted by Gasteiger charge is 2.03. The Bertz CT molecular complexity index is 1010. The lowest BCUT2D eigenvalue weighted by Gasteiger charge is -2.09. The van der Waals surface area contributed by atoms with Crippen molar-refractivity contribution >= 4 is 17.6 Å². The second-order valence-electron chi connectivity index (χ2n) is 6.12. The van der Waals surface area contributed by atoms with E-state index in [0.717, 1.165) is 17.1 Å². The molecule has 1 N–H and O–H groups in total. The molecule has 0 aliphatic carbocycles. The second kappa shape index (κ2) is 10.5. The van der Waals surface area contributed by atoms with Crippen LogP contribution in [0.5, 0.6) is 17.2 Å². The summed E-state index contributed by atoms with van der Waals surface area (Å²) in [5.74, 6) is 2.16. The normalized spacial score (nSPS) is 10.6. The first-order valence-electron chi connectivity index (χ1n) is 9.17. The molecule has 0 heterocycles. The largest absolute Gasteiger partial charge is 0.497 e. The van der Waals surface area contributed by atoms with Gasteiger partial charge in [-0.2, -0.15) is 5.10 Å². The SMILES string of the molecule is COc1cccc(OCCOc2cccc(/C=N/Nc3ccc([N+](=O)[O-])cc3)c2)c1. The molecule has 30 heavy (non-hydrogen) atoms. The lowest BCUT2D eigenvalue weighted by atomic mass is 10.2. The number of benzene rings is 3. The number of nitrogens with one attached hydrogen (secondary N) is 1. The number of hydrogen-bond acceptors (Lipinski definition) is 7. The number of nitrogens with zero attached hydrogens (tertiary/aromatic N) is 2. The number of ether oxygens (including phenoxy) is 3. The van der Waals surface area contributed by atoms with Crippen LogP contribution >= 0.6 is 0 Å². The molecule has 8 nitrogen and oxygen atoms in total. The number of non-ortho nitro benzene ring substituents is 1. The Balaban J connectivity index is 1.46. The van der Waals surface area contributed by atoms with Crippen molar-refractivity contribution in [2.45, 2.75) is 0 Å². The molecule has 0 spiro atoms. The molecule has 3 aromatic carbocycles. The minimum Gasteiger partial charge on any atom is -0.497 e. The summed E-state index contributed by atoms with van der Waals surface area (Å²) in [6.45, 7) is 0.784. The summed E-state index contributed by atoms with van der Waals surface area (Å²) in [6, 6.07) is 20.9. The maximum absolute atomic E-state index is 10.7. The van der Waals surface area contributed by atoms with Crippen molar-refractivity contribution in [3.63, 3.8) is 0 Å². The van der Waals surface area contributed by atoms with Crippen LogP contribution in [0, 0.1) is 10.1 Å². The summed E-state index contributed by atoms with van der Waals surface area (Å²) in [5, 5.41) is 14.8. The zero-order chi connectivity index (χ0) is 21.2. The van der Waals surface area contributed by atoms with Crippen LogP contribution in [0.2, 0.25) is 0 Å². The van der Waals surface area contributed by atoms with Gasteiger partial charge < -0.3 is 14.2 Å². The van der Waals surface area contributed by atoms with Gasteiger partial charge in [0, 0.05) is 18.2 Å². The molecule has 0 fully saturated rings. The van der Waals surface area contributed by atoms with Crippen LogP contribution in [-0.2, 0) is 0 Å². The van der Waals surface area contributed by atoms with Crippen LogP contribution in [-0.4, -0.2) is 31.5 Å². The number of rotatable bonds is 10. The summed E-state index contributed by atoms with van der Waals surface area (Å²) >= 11 is 0. The first-order chi connectivity index (χ1) is 14.6. The third-order valence-electron chi connectivity index (χ3n) is 4.01. The van der Waals surface area contributed by atoms with Gasteiger partial charge in [-0.25, -0.2) is 0 Å². The zero-order valence-electron chi connectivity index (χ0n) is 16.4. The van der Waals surface area contributed by atoms with Crippen molar-refractivity contribution in [3.8, 4) is 17.2 Å². The van der Waals surface area contributed by atoms with Crippen molar-refractivity contribution in [1.82, 2.24) is 0 Å². The maximum Gasteiger partial charge on any atom is 0.269 e. The predicted molar refractivity (Wildman–Crippen MR) is 115 cm³/mol. The van der Waals surface area contributed by atoms with E-state index in [4.69, 9.17) is 14.2 Å². The molecule has 0 unspecified atom stereocenters. The molecule has 154 valence electrons. The summed E-state index contributed by atoms with van der Waals surface area (Å²) < 4.78 is 16.5. The number of hydrogen-bond donors (Lipinski definition) is 1. The van der Waals surface area contributed by atoms with Crippen LogP contribution in [0.15, 0.2) is 77.9 Å². The van der Waals surface area contributed by atoms with Crippen molar-refractivity contribution in [1.29, 1.82) is 0 Å². The van der Waals surface area contributed by atoms with Gasteiger partial charge in [0.15, 0.2) is 0 Å². The predicted octanol–water partition coefficient (Wildman–Crippen LogP) is 4.51. The summed E-state index contributed by atoms with van der Waals surface area (Å²) in [5.41, 5.74) is 4.36. The molecule has 0 saturated carbocycles. The average Bonchev–Trinajstić information content (AvgIpc) is 2.77. The van der Waals surface area contributed by atoms with E-state index in [9.17, 15) is 10.1 Å². The number of nitro benzene ring substituents is 1. The van der Waals surface area contributed by atoms with E-state index >= 15 is 0 Å². The fourth-order valence-electron chi connectivity index (χ4n) is 2.53. The van der Waals surface area contributed by atoms with E-state index in [1.807, 2.05) is 48.5 Å². The smallest absolute Gasteiger partial charge is 0.269 e. The van der Waals surface area contributed by atoms with Gasteiger partial charge in [-0.05, 0) is 42.0 Å². The first-order valence-corrected chi connectivity index (χ1v) is 9.17. The van der Waals surface area contributed by atoms with Crippen molar-refractivity contribution in [3.05, 3.63) is 88.5 Å². The lowest BCUT2D eigenvalue weighted by molar-refractivity contribution is -0.384. The lowest BCUT2D eigenvalue weighted by Crippen LogP contribution is -2.09. The molecular formula is C22H21N3O5. The number of hydrazone groups is 1. The summed E-state index contributed by atoms with van der Waals surface area (Å²) in [6.07, 6.45) is 1.64. The Labute approximate surface area is 173 Å². The maximum atomic E-state index is 10.7. The highest BCUT2D eigenvalue weighted by Crippen LogP contribution is 2.19. The molecule has 0 aliphatic heterocycles. The molecule has 0 amide bonds. The zero-order valence-corrected chi connectivity index (χ0v) is 16.4. The fraction of sp³-hybridized carbons (Fsp3) is 0.136. The first kappa shape index (κ1) is 20.7. The monoisotopic (exact) mass is 407 g/mol. The number of nitro groups is 1. The van der Waals surface area contributed by atoms with Crippen LogP contribution in [0.4, 0.5) is 11.4 Å². The van der Waals surface area contributed by atoms with Gasteiger partial charge >= 0.3 is 0 Å². The van der Waals surface area contributed by atoms with Crippen LogP contribution < -0.4 is 19.6 Å². The summed E-state index contributed by atoms with van der Waals surface area (Å²) in [4.78, 5) is 10.2. The van der Waals surface area contributed by atoms with Crippen LogP contribution in [0.3, 0.4) is 0 Å². The highest BCUT2D eigenvalue weighted by atomic mass is 16.6. The van der Waals surface area contributed by atoms with Gasteiger partial charge in [-0.1, -0.05) is 18.2 Å². The third-order valence-corrected chi connectivity index (χ3v) is 4.01. The van der Waals surface area contributed by atoms with Gasteiger partial charge in [-0.3, -0.25) is 15.5 Å². The Morgan fingerprint density at radius 2 is 1.57 bits per heavy atom. The number of methoxy groups -OCH3 is 1. The molecule has 0 saturated heterocycles. The van der Waals surface area contributed by atoms with Gasteiger partial charge in [0.25, 0.3) is 5.69 Å². The van der Waals surface area contributed by atoms with E-state index in [1.165, 1.54) is 12.1 Å². The molecule has 0 bridgehead atoms. The topological polar surface area (TPSA) is 95.2 Å². The second-order valence-corrected chi connectivity index (χ2v) is 6.12. The Kier molecular flexibility index (Phi) is 7.21. The Morgan fingerprint density at radius 3 is 2.23 bits per heavy atom. The van der Waals surface area contributed by atoms with E-state index in [2.05, 4.69) is 10.5 Å². The van der Waals surface area contributed by atoms with Crippen LogP contribution in [0.25, 0.3) is 0 Å². The van der Waals surface area contributed by atoms with Gasteiger partial charge in [0.1, 0.15) is 30.5 Å². The van der Waals surface area contributed by atoms with Gasteiger partial charge in [-0.15, -0.1) is 0 Å². The molecule has 3 rings (SSSR count). The quantitative estimate of drug-likeness (QED) is 0.230. The van der Waals surface area contributed by atoms with E-state index in [1.54, 1.807) is 25.5 Å². The van der Waals surface area contributed by atoms with Crippen LogP contribution in [0.1, 0.15) is 5.56 Å². The van der Waals surface area contributed by atoms with E-state index in [0.29, 0.717) is 24.7 Å².